The Bertz CT molecular complexity index is 741. The van der Waals surface area contributed by atoms with Gasteiger partial charge in [0.15, 0.2) is 0 Å². The summed E-state index contributed by atoms with van der Waals surface area (Å²) < 4.78 is 15.5. The second kappa shape index (κ2) is 9.13. The summed E-state index contributed by atoms with van der Waals surface area (Å²) in [6, 6.07) is 8.82. The fraction of sp³-hybridized carbons (Fsp3) is 0.333. The average molecular weight is 366 g/mol. The first kappa shape index (κ1) is 18.9. The van der Waals surface area contributed by atoms with Crippen LogP contribution in [-0.4, -0.2) is 31.7 Å². The molecule has 0 spiro atoms. The van der Waals surface area contributed by atoms with Gasteiger partial charge >= 0.3 is 11.9 Å². The van der Waals surface area contributed by atoms with E-state index in [0.717, 1.165) is 5.69 Å². The number of para-hydroxylation sites is 1. The zero-order chi connectivity index (χ0) is 18.2. The highest BCUT2D eigenvalue weighted by Crippen LogP contribution is 2.20. The molecule has 1 aromatic carbocycles. The summed E-state index contributed by atoms with van der Waals surface area (Å²) in [5.74, 6) is -0.122. The molecule has 0 aliphatic rings. The molecule has 0 aliphatic carbocycles. The van der Waals surface area contributed by atoms with Gasteiger partial charge in [0.05, 0.1) is 17.3 Å². The lowest BCUT2D eigenvalue weighted by atomic mass is 10.2. The summed E-state index contributed by atoms with van der Waals surface area (Å²) in [6.45, 7) is 4.27. The van der Waals surface area contributed by atoms with Gasteiger partial charge in [0.25, 0.3) is 0 Å². The fourth-order valence-electron chi connectivity index (χ4n) is 2.19. The highest BCUT2D eigenvalue weighted by atomic mass is 35.5. The predicted molar refractivity (Wildman–Crippen MR) is 94.0 cm³/mol. The van der Waals surface area contributed by atoms with Crippen molar-refractivity contribution in [1.29, 1.82) is 0 Å². The van der Waals surface area contributed by atoms with E-state index in [1.54, 1.807) is 19.9 Å². The number of nitrogens with one attached hydrogen (secondary N) is 1. The van der Waals surface area contributed by atoms with Gasteiger partial charge in [0.2, 0.25) is 0 Å². The van der Waals surface area contributed by atoms with Crippen LogP contribution in [0.5, 0.6) is 0 Å². The number of hydrogen-bond donors (Lipinski definition) is 1. The maximum Gasteiger partial charge on any atom is 0.341 e. The number of halogens is 1. The van der Waals surface area contributed by atoms with Crippen molar-refractivity contribution in [2.45, 2.75) is 20.3 Å². The second-order valence-electron chi connectivity index (χ2n) is 5.21. The minimum Gasteiger partial charge on any atom is -0.465 e. The molecule has 0 fully saturated rings. The monoisotopic (exact) mass is 365 g/mol. The number of furan rings is 1. The fourth-order valence-corrected chi connectivity index (χ4v) is 2.39. The van der Waals surface area contributed by atoms with E-state index >= 15 is 0 Å². The van der Waals surface area contributed by atoms with Crippen molar-refractivity contribution in [3.63, 3.8) is 0 Å². The topological polar surface area (TPSA) is 77.8 Å². The Kier molecular flexibility index (Phi) is 6.89. The van der Waals surface area contributed by atoms with E-state index in [-0.39, 0.29) is 19.6 Å². The summed E-state index contributed by atoms with van der Waals surface area (Å²) in [5, 5.41) is 3.68. The number of ether oxygens (including phenoxy) is 2. The molecule has 2 aromatic rings. The Balaban J connectivity index is 1.78. The van der Waals surface area contributed by atoms with E-state index in [0.29, 0.717) is 28.7 Å². The number of anilines is 1. The third kappa shape index (κ3) is 5.53. The van der Waals surface area contributed by atoms with Gasteiger partial charge in [-0.3, -0.25) is 4.79 Å². The molecule has 0 unspecified atom stereocenters. The van der Waals surface area contributed by atoms with Gasteiger partial charge in [-0.1, -0.05) is 23.7 Å². The molecule has 0 aliphatic heterocycles. The minimum atomic E-state index is -0.465. The van der Waals surface area contributed by atoms with Crippen LogP contribution < -0.4 is 5.32 Å². The van der Waals surface area contributed by atoms with Crippen molar-refractivity contribution in [3.05, 3.63) is 52.4 Å². The smallest absolute Gasteiger partial charge is 0.341 e. The Hall–Kier alpha value is -2.47. The van der Waals surface area contributed by atoms with Gasteiger partial charge in [-0.25, -0.2) is 4.79 Å². The van der Waals surface area contributed by atoms with E-state index in [2.05, 4.69) is 5.32 Å². The van der Waals surface area contributed by atoms with Crippen LogP contribution in [0.1, 0.15) is 28.8 Å². The van der Waals surface area contributed by atoms with E-state index in [4.69, 9.17) is 25.5 Å². The zero-order valence-electron chi connectivity index (χ0n) is 14.1. The van der Waals surface area contributed by atoms with Crippen LogP contribution in [0.15, 0.2) is 34.7 Å². The summed E-state index contributed by atoms with van der Waals surface area (Å²) in [6.07, 6.45) is -0.0493. The lowest BCUT2D eigenvalue weighted by molar-refractivity contribution is -0.142. The molecular weight excluding hydrogens is 346 g/mol. The number of benzene rings is 1. The number of carbonyl (C=O) groups is 2. The third-order valence-corrected chi connectivity index (χ3v) is 3.67. The lowest BCUT2D eigenvalue weighted by Crippen LogP contribution is -2.15. The Morgan fingerprint density at radius 1 is 1.24 bits per heavy atom. The molecule has 6 nitrogen and oxygen atoms in total. The summed E-state index contributed by atoms with van der Waals surface area (Å²) in [7, 11) is 0. The summed E-state index contributed by atoms with van der Waals surface area (Å²) in [5.41, 5.74) is 1.10. The molecule has 7 heteroatoms. The van der Waals surface area contributed by atoms with E-state index in [9.17, 15) is 9.59 Å². The first-order chi connectivity index (χ1) is 12.0. The molecule has 1 N–H and O–H groups in total. The quantitative estimate of drug-likeness (QED) is 0.568. The van der Waals surface area contributed by atoms with Crippen molar-refractivity contribution in [2.24, 2.45) is 0 Å². The summed E-state index contributed by atoms with van der Waals surface area (Å²) in [4.78, 5) is 23.6. The molecule has 0 radical (unpaired) electrons. The van der Waals surface area contributed by atoms with Crippen LogP contribution in [0.2, 0.25) is 5.02 Å². The maximum absolute atomic E-state index is 11.9. The predicted octanol–water partition coefficient (Wildman–Crippen LogP) is 3.62. The van der Waals surface area contributed by atoms with Gasteiger partial charge in [0.1, 0.15) is 30.1 Å². The highest BCUT2D eigenvalue weighted by Gasteiger charge is 2.18. The average Bonchev–Trinajstić information content (AvgIpc) is 2.93. The first-order valence-electron chi connectivity index (χ1n) is 7.91. The van der Waals surface area contributed by atoms with Crippen molar-refractivity contribution in [3.8, 4) is 0 Å². The summed E-state index contributed by atoms with van der Waals surface area (Å²) >= 11 is 6.02. The number of carbonyl (C=O) groups excluding carboxylic acids is 2. The van der Waals surface area contributed by atoms with Crippen LogP contribution in [0.3, 0.4) is 0 Å². The van der Waals surface area contributed by atoms with E-state index in [1.165, 1.54) is 6.07 Å². The lowest BCUT2D eigenvalue weighted by Gasteiger charge is -2.08. The van der Waals surface area contributed by atoms with Crippen LogP contribution in [0.4, 0.5) is 5.69 Å². The molecular formula is C18H20ClNO5. The van der Waals surface area contributed by atoms with Crippen LogP contribution in [0, 0.1) is 6.92 Å². The van der Waals surface area contributed by atoms with Crippen LogP contribution in [0.25, 0.3) is 0 Å². The molecule has 134 valence electrons. The number of hydrogen-bond acceptors (Lipinski definition) is 6. The zero-order valence-corrected chi connectivity index (χ0v) is 14.9. The number of esters is 2. The highest BCUT2D eigenvalue weighted by molar-refractivity contribution is 6.33. The standard InChI is InChI=1S/C18H20ClNO5/c1-3-23-18(22)14-10-13(25-12(14)2)11-17(21)24-9-8-20-16-7-5-4-6-15(16)19/h4-7,10,20H,3,8-9,11H2,1-2H3. The molecule has 0 amide bonds. The molecule has 1 aromatic heterocycles. The van der Waals surface area contributed by atoms with Gasteiger partial charge in [-0.2, -0.15) is 0 Å². The van der Waals surface area contributed by atoms with E-state index in [1.807, 2.05) is 18.2 Å². The van der Waals surface area contributed by atoms with Gasteiger partial charge in [0, 0.05) is 6.54 Å². The molecule has 0 bridgehead atoms. The normalized spacial score (nSPS) is 10.4. The Labute approximate surface area is 151 Å². The van der Waals surface area contributed by atoms with Gasteiger partial charge in [-0.15, -0.1) is 0 Å². The largest absolute Gasteiger partial charge is 0.465 e. The Morgan fingerprint density at radius 3 is 2.72 bits per heavy atom. The molecule has 0 atom stereocenters. The number of rotatable bonds is 8. The maximum atomic E-state index is 11.9. The molecule has 2 rings (SSSR count). The van der Waals surface area contributed by atoms with Gasteiger partial charge < -0.3 is 19.2 Å². The van der Waals surface area contributed by atoms with E-state index < -0.39 is 11.9 Å². The molecule has 0 saturated heterocycles. The van der Waals surface area contributed by atoms with Crippen molar-refractivity contribution in [2.75, 3.05) is 25.1 Å². The molecule has 0 saturated carbocycles. The van der Waals surface area contributed by atoms with Crippen molar-refractivity contribution >= 4 is 29.2 Å². The third-order valence-electron chi connectivity index (χ3n) is 3.34. The second-order valence-corrected chi connectivity index (χ2v) is 5.61. The van der Waals surface area contributed by atoms with Crippen LogP contribution in [-0.2, 0) is 20.7 Å². The van der Waals surface area contributed by atoms with Crippen LogP contribution >= 0.6 is 11.6 Å². The van der Waals surface area contributed by atoms with Crippen molar-refractivity contribution < 1.29 is 23.5 Å². The Morgan fingerprint density at radius 2 is 2.00 bits per heavy atom. The van der Waals surface area contributed by atoms with Crippen molar-refractivity contribution in [1.82, 2.24) is 0 Å². The number of aryl methyl sites for hydroxylation is 1. The SMILES string of the molecule is CCOC(=O)c1cc(CC(=O)OCCNc2ccccc2Cl)oc1C. The molecule has 25 heavy (non-hydrogen) atoms. The minimum absolute atomic E-state index is 0.0493. The first-order valence-corrected chi connectivity index (χ1v) is 8.29. The molecule has 1 heterocycles. The van der Waals surface area contributed by atoms with Gasteiger partial charge in [-0.05, 0) is 32.0 Å².